The molecule has 35 heavy (non-hydrogen) atoms. The maximum absolute atomic E-state index is 11.8. The summed E-state index contributed by atoms with van der Waals surface area (Å²) in [5, 5.41) is 10.7. The number of anilines is 3. The number of sulfone groups is 1. The summed E-state index contributed by atoms with van der Waals surface area (Å²) >= 11 is 0. The van der Waals surface area contributed by atoms with Crippen molar-refractivity contribution in [2.24, 2.45) is 0 Å². The molecule has 12 heteroatoms. The lowest BCUT2D eigenvalue weighted by Gasteiger charge is -2.32. The van der Waals surface area contributed by atoms with E-state index in [1.165, 1.54) is 19.5 Å². The highest BCUT2D eigenvalue weighted by atomic mass is 32.2. The number of rotatable bonds is 8. The highest BCUT2D eigenvalue weighted by Crippen LogP contribution is 2.35. The summed E-state index contributed by atoms with van der Waals surface area (Å²) in [4.78, 5) is 15.0. The van der Waals surface area contributed by atoms with Gasteiger partial charge in [0.2, 0.25) is 5.75 Å². The number of ether oxygens (including phenoxy) is 2. The van der Waals surface area contributed by atoms with Gasteiger partial charge in [0, 0.05) is 43.9 Å². The van der Waals surface area contributed by atoms with Crippen LogP contribution in [0.2, 0.25) is 0 Å². The van der Waals surface area contributed by atoms with Crippen LogP contribution in [0.4, 0.5) is 17.3 Å². The topological polar surface area (TPSA) is 135 Å². The molecule has 0 spiro atoms. The third-order valence-electron chi connectivity index (χ3n) is 5.92. The lowest BCUT2D eigenvalue weighted by Crippen LogP contribution is -2.38. The van der Waals surface area contributed by atoms with E-state index in [0.717, 1.165) is 43.7 Å². The van der Waals surface area contributed by atoms with E-state index in [-0.39, 0.29) is 11.1 Å². The molecule has 3 aromatic heterocycles. The highest BCUT2D eigenvalue weighted by molar-refractivity contribution is 7.90. The van der Waals surface area contributed by atoms with Gasteiger partial charge >= 0.3 is 0 Å². The Morgan fingerprint density at radius 1 is 1.20 bits per heavy atom. The second kappa shape index (κ2) is 10.1. The molecular formula is C23H31N7O4S. The molecule has 1 saturated heterocycles. The van der Waals surface area contributed by atoms with Gasteiger partial charge in [-0.3, -0.25) is 5.10 Å². The Bertz CT molecular complexity index is 1280. The fourth-order valence-electron chi connectivity index (χ4n) is 3.86. The molecule has 11 nitrogen and oxygen atoms in total. The van der Waals surface area contributed by atoms with Gasteiger partial charge in [-0.05, 0) is 25.0 Å². The number of aromatic amines is 1. The smallest absolute Gasteiger partial charge is 0.262 e. The summed E-state index contributed by atoms with van der Waals surface area (Å²) in [6, 6.07) is 5.21. The summed E-state index contributed by atoms with van der Waals surface area (Å²) < 4.78 is 35.3. The number of H-pyrrole nitrogens is 1. The predicted molar refractivity (Wildman–Crippen MR) is 132 cm³/mol. The molecule has 1 fully saturated rings. The van der Waals surface area contributed by atoms with Gasteiger partial charge in [0.25, 0.3) is 5.88 Å². The van der Waals surface area contributed by atoms with E-state index in [9.17, 15) is 8.42 Å². The Morgan fingerprint density at radius 2 is 1.94 bits per heavy atom. The van der Waals surface area contributed by atoms with Crippen molar-refractivity contribution >= 4 is 27.2 Å². The molecule has 0 aromatic carbocycles. The Hall–Kier alpha value is -3.41. The molecule has 1 aliphatic rings. The van der Waals surface area contributed by atoms with Gasteiger partial charge in [-0.25, -0.2) is 18.4 Å². The van der Waals surface area contributed by atoms with Crippen LogP contribution in [-0.4, -0.2) is 66.1 Å². The van der Waals surface area contributed by atoms with Crippen LogP contribution in [0.1, 0.15) is 44.0 Å². The van der Waals surface area contributed by atoms with E-state index < -0.39 is 9.84 Å². The van der Waals surface area contributed by atoms with Crippen LogP contribution in [0.25, 0.3) is 0 Å². The van der Waals surface area contributed by atoms with Gasteiger partial charge in [0.05, 0.1) is 18.5 Å². The van der Waals surface area contributed by atoms with Crippen molar-refractivity contribution in [1.29, 1.82) is 0 Å². The van der Waals surface area contributed by atoms with E-state index >= 15 is 0 Å². The van der Waals surface area contributed by atoms with Crippen molar-refractivity contribution in [2.45, 2.75) is 50.7 Å². The predicted octanol–water partition coefficient (Wildman–Crippen LogP) is 3.23. The van der Waals surface area contributed by atoms with Crippen LogP contribution in [0.3, 0.4) is 0 Å². The van der Waals surface area contributed by atoms with Crippen LogP contribution in [0.5, 0.6) is 11.6 Å². The van der Waals surface area contributed by atoms with Crippen molar-refractivity contribution in [2.75, 3.05) is 36.7 Å². The first-order valence-corrected chi connectivity index (χ1v) is 13.4. The van der Waals surface area contributed by atoms with Crippen LogP contribution < -0.4 is 19.7 Å². The normalized spacial score (nSPS) is 14.9. The molecule has 0 saturated carbocycles. The molecule has 0 amide bonds. The molecule has 188 valence electrons. The van der Waals surface area contributed by atoms with E-state index in [1.807, 2.05) is 0 Å². The van der Waals surface area contributed by atoms with E-state index in [1.54, 1.807) is 13.0 Å². The molecule has 3 aromatic rings. The van der Waals surface area contributed by atoms with Gasteiger partial charge in [0.1, 0.15) is 12.4 Å². The minimum atomic E-state index is -3.39. The SMILES string of the molecule is COc1c(Nc2ccc(S(C)(=O)=O)nc2C)ncnc1OC1CCN(c2cc(C(C)C)[nH]n2)CC1. The Morgan fingerprint density at radius 3 is 2.54 bits per heavy atom. The standard InChI is InChI=1S/C23H31N7O4S/c1-14(2)18-12-19(29-28-18)30-10-8-16(9-11-30)34-23-21(33-4)22(24-13-25-23)27-17-6-7-20(26-15(17)3)35(5,31)32/h6-7,12-14,16H,8-11H2,1-5H3,(H,28,29)(H,24,25,27). The maximum atomic E-state index is 11.8. The Labute approximate surface area is 205 Å². The van der Waals surface area contributed by atoms with Gasteiger partial charge < -0.3 is 19.7 Å². The first-order chi connectivity index (χ1) is 16.7. The zero-order valence-electron chi connectivity index (χ0n) is 20.6. The average molecular weight is 502 g/mol. The zero-order chi connectivity index (χ0) is 25.2. The molecule has 0 radical (unpaired) electrons. The van der Waals surface area contributed by atoms with Crippen LogP contribution >= 0.6 is 0 Å². The van der Waals surface area contributed by atoms with Crippen LogP contribution in [0, 0.1) is 6.92 Å². The number of nitrogens with zero attached hydrogens (tertiary/aromatic N) is 5. The summed E-state index contributed by atoms with van der Waals surface area (Å²) in [7, 11) is -1.86. The van der Waals surface area contributed by atoms with Crippen LogP contribution in [-0.2, 0) is 9.84 Å². The number of piperidine rings is 1. The first kappa shape index (κ1) is 24.7. The maximum Gasteiger partial charge on any atom is 0.262 e. The Kier molecular flexibility index (Phi) is 7.10. The fraction of sp³-hybridized carbons (Fsp3) is 0.478. The lowest BCUT2D eigenvalue weighted by molar-refractivity contribution is 0.157. The first-order valence-electron chi connectivity index (χ1n) is 11.5. The highest BCUT2D eigenvalue weighted by Gasteiger charge is 2.25. The van der Waals surface area contributed by atoms with Gasteiger partial charge in [-0.1, -0.05) is 13.8 Å². The number of aromatic nitrogens is 5. The molecule has 0 atom stereocenters. The average Bonchev–Trinajstić information content (AvgIpc) is 3.31. The Balaban J connectivity index is 1.44. The molecule has 4 rings (SSSR count). The third-order valence-corrected chi connectivity index (χ3v) is 6.91. The molecule has 4 heterocycles. The van der Waals surface area contributed by atoms with E-state index in [0.29, 0.717) is 34.7 Å². The lowest BCUT2D eigenvalue weighted by atomic mass is 10.1. The third kappa shape index (κ3) is 5.64. The summed E-state index contributed by atoms with van der Waals surface area (Å²) in [5.74, 6) is 2.50. The minimum absolute atomic E-state index is 0.0147. The van der Waals surface area contributed by atoms with Gasteiger partial charge in [-0.2, -0.15) is 10.1 Å². The van der Waals surface area contributed by atoms with E-state index in [4.69, 9.17) is 9.47 Å². The molecule has 0 aliphatic carbocycles. The van der Waals surface area contributed by atoms with Crippen molar-refractivity contribution < 1.29 is 17.9 Å². The summed E-state index contributed by atoms with van der Waals surface area (Å²) in [6.07, 6.45) is 4.14. The van der Waals surface area contributed by atoms with Crippen LogP contribution in [0.15, 0.2) is 29.6 Å². The van der Waals surface area contributed by atoms with Crippen molar-refractivity contribution in [3.8, 4) is 11.6 Å². The second-order valence-electron chi connectivity index (χ2n) is 8.88. The zero-order valence-corrected chi connectivity index (χ0v) is 21.4. The van der Waals surface area contributed by atoms with Crippen molar-refractivity contribution in [1.82, 2.24) is 25.1 Å². The number of hydrogen-bond donors (Lipinski definition) is 2. The fourth-order valence-corrected chi connectivity index (χ4v) is 4.48. The summed E-state index contributed by atoms with van der Waals surface area (Å²) in [6.45, 7) is 7.64. The van der Waals surface area contributed by atoms with Gasteiger partial charge in [-0.15, -0.1) is 0 Å². The number of nitrogens with one attached hydrogen (secondary N) is 2. The van der Waals surface area contributed by atoms with Crippen molar-refractivity contribution in [3.63, 3.8) is 0 Å². The van der Waals surface area contributed by atoms with Crippen molar-refractivity contribution in [3.05, 3.63) is 35.9 Å². The largest absolute Gasteiger partial charge is 0.489 e. The molecule has 2 N–H and O–H groups in total. The minimum Gasteiger partial charge on any atom is -0.489 e. The number of aryl methyl sites for hydroxylation is 1. The molecule has 0 unspecified atom stereocenters. The molecular weight excluding hydrogens is 470 g/mol. The number of methoxy groups -OCH3 is 1. The summed E-state index contributed by atoms with van der Waals surface area (Å²) in [5.41, 5.74) is 2.25. The monoisotopic (exact) mass is 501 g/mol. The quantitative estimate of drug-likeness (QED) is 0.473. The number of pyridine rings is 1. The molecule has 0 bridgehead atoms. The molecule has 1 aliphatic heterocycles. The van der Waals surface area contributed by atoms with E-state index in [2.05, 4.69) is 55.3 Å². The van der Waals surface area contributed by atoms with Gasteiger partial charge in [0.15, 0.2) is 26.5 Å². The second-order valence-corrected chi connectivity index (χ2v) is 10.8. The number of hydrogen-bond acceptors (Lipinski definition) is 10.